The molecule has 0 radical (unpaired) electrons. The molecular weight excluding hydrogens is 411 g/mol. The van der Waals surface area contributed by atoms with Gasteiger partial charge in [0.1, 0.15) is 11.0 Å². The van der Waals surface area contributed by atoms with Crippen LogP contribution in [0.5, 0.6) is 0 Å². The highest BCUT2D eigenvalue weighted by Gasteiger charge is 2.84. The SMILES string of the molecule is CCCCN(CCCC)C1=C(P(=O)(OCC)OCC)C(F)(F)C(F)(F)C1(F)F. The first kappa shape index (κ1) is 25.3. The molecule has 0 heterocycles. The molecule has 11 heteroatoms. The largest absolute Gasteiger partial charge is 0.382 e. The molecule has 0 amide bonds. The van der Waals surface area contributed by atoms with Gasteiger partial charge in [-0.25, -0.2) is 0 Å². The molecule has 4 nitrogen and oxygen atoms in total. The van der Waals surface area contributed by atoms with Crippen molar-refractivity contribution in [2.45, 2.75) is 71.1 Å². The highest BCUT2D eigenvalue weighted by molar-refractivity contribution is 7.58. The van der Waals surface area contributed by atoms with E-state index in [9.17, 15) is 30.9 Å². The minimum atomic E-state index is -5.76. The Hall–Kier alpha value is -0.730. The number of unbranched alkanes of at least 4 members (excludes halogenated alkanes) is 2. The molecule has 0 spiro atoms. The van der Waals surface area contributed by atoms with Crippen LogP contribution in [0.15, 0.2) is 11.0 Å². The minimum Gasteiger partial charge on any atom is -0.369 e. The number of alkyl halides is 6. The molecule has 28 heavy (non-hydrogen) atoms. The molecule has 166 valence electrons. The summed E-state index contributed by atoms with van der Waals surface area (Å²) in [6, 6.07) is 0. The van der Waals surface area contributed by atoms with E-state index in [-0.39, 0.29) is 13.1 Å². The predicted octanol–water partition coefficient (Wildman–Crippen LogP) is 6.29. The smallest absolute Gasteiger partial charge is 0.369 e. The van der Waals surface area contributed by atoms with E-state index in [4.69, 9.17) is 9.05 Å². The molecule has 0 aromatic heterocycles. The van der Waals surface area contributed by atoms with Gasteiger partial charge in [0, 0.05) is 13.1 Å². The second-order valence-corrected chi connectivity index (χ2v) is 8.41. The van der Waals surface area contributed by atoms with Gasteiger partial charge in [-0.2, -0.15) is 26.3 Å². The summed E-state index contributed by atoms with van der Waals surface area (Å²) >= 11 is 0. The summed E-state index contributed by atoms with van der Waals surface area (Å²) in [5, 5.41) is -1.93. The fraction of sp³-hybridized carbons (Fsp3) is 0.882. The lowest BCUT2D eigenvalue weighted by atomic mass is 10.1. The highest BCUT2D eigenvalue weighted by atomic mass is 31.2. The van der Waals surface area contributed by atoms with Gasteiger partial charge in [0.15, 0.2) is 0 Å². The Labute approximate surface area is 161 Å². The number of allylic oxidation sites excluding steroid dienone is 2. The van der Waals surface area contributed by atoms with Gasteiger partial charge in [0.25, 0.3) is 0 Å². The third-order valence-corrected chi connectivity index (χ3v) is 6.60. The second kappa shape index (κ2) is 9.39. The van der Waals surface area contributed by atoms with Crippen molar-refractivity contribution in [3.63, 3.8) is 0 Å². The van der Waals surface area contributed by atoms with Crippen molar-refractivity contribution < 1.29 is 40.0 Å². The molecule has 0 saturated carbocycles. The summed E-state index contributed by atoms with van der Waals surface area (Å²) in [4.78, 5) is 0.793. The number of hydrogen-bond donors (Lipinski definition) is 0. The van der Waals surface area contributed by atoms with E-state index in [0.717, 1.165) is 4.90 Å². The molecule has 0 bridgehead atoms. The number of nitrogens with zero attached hydrogens (tertiary/aromatic N) is 1. The van der Waals surface area contributed by atoms with Crippen LogP contribution in [0.4, 0.5) is 26.3 Å². The van der Waals surface area contributed by atoms with Crippen molar-refractivity contribution in [3.8, 4) is 0 Å². The Morgan fingerprint density at radius 2 is 1.25 bits per heavy atom. The molecule has 0 fully saturated rings. The number of hydrogen-bond acceptors (Lipinski definition) is 4. The Kier molecular flexibility index (Phi) is 8.49. The lowest BCUT2D eigenvalue weighted by Gasteiger charge is -2.32. The quantitative estimate of drug-likeness (QED) is 0.265. The van der Waals surface area contributed by atoms with Crippen LogP contribution in [0.1, 0.15) is 53.4 Å². The molecule has 0 unspecified atom stereocenters. The standard InChI is InChI=1S/C17H28F6NO3P/c1-5-9-11-24(12-10-6-2)13-14(28(25,26-7-3)27-8-4)16(20,21)17(22,23)15(13,18)19/h5-12H2,1-4H3. The summed E-state index contributed by atoms with van der Waals surface area (Å²) in [6.07, 6.45) is 1.67. The van der Waals surface area contributed by atoms with E-state index in [2.05, 4.69) is 0 Å². The van der Waals surface area contributed by atoms with Crippen molar-refractivity contribution in [3.05, 3.63) is 11.0 Å². The summed E-state index contributed by atoms with van der Waals surface area (Å²) in [7, 11) is -5.09. The maximum atomic E-state index is 14.7. The number of halogens is 6. The lowest BCUT2D eigenvalue weighted by Crippen LogP contribution is -2.51. The monoisotopic (exact) mass is 439 g/mol. The van der Waals surface area contributed by atoms with Crippen molar-refractivity contribution in [2.24, 2.45) is 0 Å². The Bertz CT molecular complexity index is 594. The highest BCUT2D eigenvalue weighted by Crippen LogP contribution is 2.72. The van der Waals surface area contributed by atoms with Gasteiger partial charge in [0.2, 0.25) is 0 Å². The maximum absolute atomic E-state index is 14.7. The fourth-order valence-electron chi connectivity index (χ4n) is 2.98. The van der Waals surface area contributed by atoms with Gasteiger partial charge >= 0.3 is 25.4 Å². The average molecular weight is 439 g/mol. The van der Waals surface area contributed by atoms with Crippen molar-refractivity contribution in [1.82, 2.24) is 4.90 Å². The van der Waals surface area contributed by atoms with Crippen molar-refractivity contribution in [2.75, 3.05) is 26.3 Å². The summed E-state index contributed by atoms with van der Waals surface area (Å²) in [6.45, 7) is 4.85. The van der Waals surface area contributed by atoms with E-state index in [1.807, 2.05) is 0 Å². The molecule has 0 saturated heterocycles. The van der Waals surface area contributed by atoms with Gasteiger partial charge in [-0.1, -0.05) is 26.7 Å². The molecule has 0 aromatic carbocycles. The van der Waals surface area contributed by atoms with Gasteiger partial charge in [-0.05, 0) is 26.7 Å². The van der Waals surface area contributed by atoms with Crippen LogP contribution in [0.25, 0.3) is 0 Å². The average Bonchev–Trinajstić information content (AvgIpc) is 2.70. The normalized spacial score (nSPS) is 20.6. The zero-order valence-electron chi connectivity index (χ0n) is 16.5. The first-order chi connectivity index (χ1) is 12.9. The molecular formula is C17H28F6NO3P. The molecule has 0 aromatic rings. The van der Waals surface area contributed by atoms with Gasteiger partial charge < -0.3 is 13.9 Å². The van der Waals surface area contributed by atoms with Gasteiger partial charge in [0.05, 0.1) is 13.2 Å². The predicted molar refractivity (Wildman–Crippen MR) is 94.1 cm³/mol. The van der Waals surface area contributed by atoms with Crippen LogP contribution in [0.2, 0.25) is 0 Å². The van der Waals surface area contributed by atoms with Crippen LogP contribution in [-0.2, 0) is 13.6 Å². The van der Waals surface area contributed by atoms with Gasteiger partial charge in [-0.3, -0.25) is 4.57 Å². The fourth-order valence-corrected chi connectivity index (χ4v) is 5.02. The molecule has 0 atom stereocenters. The zero-order chi connectivity index (χ0) is 21.8. The Balaban J connectivity index is 3.79. The molecule has 1 aliphatic carbocycles. The van der Waals surface area contributed by atoms with E-state index < -0.39 is 49.6 Å². The lowest BCUT2D eigenvalue weighted by molar-refractivity contribution is -0.267. The molecule has 1 rings (SSSR count). The third-order valence-electron chi connectivity index (χ3n) is 4.36. The van der Waals surface area contributed by atoms with Crippen molar-refractivity contribution in [1.29, 1.82) is 0 Å². The van der Waals surface area contributed by atoms with E-state index in [1.54, 1.807) is 13.8 Å². The second-order valence-electron chi connectivity index (χ2n) is 6.45. The van der Waals surface area contributed by atoms with Crippen LogP contribution >= 0.6 is 7.60 Å². The number of rotatable bonds is 12. The first-order valence-electron chi connectivity index (χ1n) is 9.42. The topological polar surface area (TPSA) is 38.8 Å². The summed E-state index contributed by atoms with van der Waals surface area (Å²) in [5.74, 6) is -16.4. The van der Waals surface area contributed by atoms with Gasteiger partial charge in [-0.15, -0.1) is 0 Å². The molecule has 0 aliphatic heterocycles. The van der Waals surface area contributed by atoms with E-state index in [1.165, 1.54) is 13.8 Å². The van der Waals surface area contributed by atoms with Crippen LogP contribution in [0.3, 0.4) is 0 Å². The zero-order valence-corrected chi connectivity index (χ0v) is 17.4. The maximum Gasteiger partial charge on any atom is 0.382 e. The van der Waals surface area contributed by atoms with Crippen LogP contribution in [0, 0.1) is 0 Å². The Morgan fingerprint density at radius 1 is 0.821 bits per heavy atom. The van der Waals surface area contributed by atoms with Crippen molar-refractivity contribution >= 4 is 7.60 Å². The molecule has 1 aliphatic rings. The summed E-state index contributed by atoms with van der Waals surface area (Å²) < 4.78 is 110. The van der Waals surface area contributed by atoms with E-state index >= 15 is 0 Å². The first-order valence-corrected chi connectivity index (χ1v) is 11.0. The molecule has 0 N–H and O–H groups in total. The van der Waals surface area contributed by atoms with E-state index in [0.29, 0.717) is 25.7 Å². The summed E-state index contributed by atoms with van der Waals surface area (Å²) in [5.41, 5.74) is -1.63. The van der Waals surface area contributed by atoms with Crippen LogP contribution < -0.4 is 0 Å². The minimum absolute atomic E-state index is 0.157. The third kappa shape index (κ3) is 4.24. The van der Waals surface area contributed by atoms with Crippen LogP contribution in [-0.4, -0.2) is 49.0 Å². The Morgan fingerprint density at radius 3 is 1.61 bits per heavy atom.